The summed E-state index contributed by atoms with van der Waals surface area (Å²) in [6.45, 7) is 3.31. The highest BCUT2D eigenvalue weighted by molar-refractivity contribution is 5.92. The molecular weight excluding hydrogens is 374 g/mol. The summed E-state index contributed by atoms with van der Waals surface area (Å²) in [5.41, 5.74) is 1.83. The summed E-state index contributed by atoms with van der Waals surface area (Å²) < 4.78 is 16.5. The molecule has 1 aliphatic rings. The summed E-state index contributed by atoms with van der Waals surface area (Å²) >= 11 is 0. The highest BCUT2D eigenvalue weighted by Gasteiger charge is 2.34. The summed E-state index contributed by atoms with van der Waals surface area (Å²) in [5.74, 6) is 1.47. The first-order valence-electron chi connectivity index (χ1n) is 9.29. The van der Waals surface area contributed by atoms with Crippen LogP contribution >= 0.6 is 0 Å². The molecule has 150 valence electrons. The van der Waals surface area contributed by atoms with E-state index in [1.165, 1.54) is 6.20 Å². The Morgan fingerprint density at radius 2 is 2.07 bits per heavy atom. The van der Waals surface area contributed by atoms with E-state index < -0.39 is 0 Å². The Balaban J connectivity index is 1.39. The number of benzene rings is 1. The monoisotopic (exact) mass is 395 g/mol. The van der Waals surface area contributed by atoms with E-state index in [9.17, 15) is 4.79 Å². The largest absolute Gasteiger partial charge is 0.486 e. The Labute approximate surface area is 167 Å². The molecule has 1 aliphatic heterocycles. The van der Waals surface area contributed by atoms with Gasteiger partial charge in [-0.2, -0.15) is 4.98 Å². The van der Waals surface area contributed by atoms with Gasteiger partial charge in [-0.3, -0.25) is 9.78 Å². The molecule has 2 aromatic heterocycles. The van der Waals surface area contributed by atoms with E-state index >= 15 is 0 Å². The molecule has 0 aliphatic carbocycles. The van der Waals surface area contributed by atoms with Crippen molar-refractivity contribution in [2.75, 3.05) is 26.8 Å². The second-order valence-electron chi connectivity index (χ2n) is 6.75. The van der Waals surface area contributed by atoms with E-state index in [-0.39, 0.29) is 12.0 Å². The zero-order valence-corrected chi connectivity index (χ0v) is 16.2. The molecule has 0 radical (unpaired) electrons. The number of hydrogen-bond acceptors (Lipinski definition) is 8. The van der Waals surface area contributed by atoms with Gasteiger partial charge in [-0.15, -0.1) is 0 Å². The van der Waals surface area contributed by atoms with E-state index in [0.717, 1.165) is 11.3 Å². The fourth-order valence-electron chi connectivity index (χ4n) is 2.93. The number of nitrogens with zero attached hydrogens (tertiary/aromatic N) is 5. The maximum Gasteiger partial charge on any atom is 0.274 e. The standard InChI is InChI=1S/C20H21N5O4/c1-13-9-22-16(10-21-13)20(26)25-11-14(12-25)28-17-6-4-3-5-15(17)19-23-18(24-29-19)7-8-27-2/h3-6,9-10,14H,7-8,11-12H2,1-2H3. The van der Waals surface area contributed by atoms with Crippen LogP contribution in [0.4, 0.5) is 0 Å². The Morgan fingerprint density at radius 3 is 2.83 bits per heavy atom. The highest BCUT2D eigenvalue weighted by Crippen LogP contribution is 2.30. The summed E-state index contributed by atoms with van der Waals surface area (Å²) in [6, 6.07) is 7.48. The summed E-state index contributed by atoms with van der Waals surface area (Å²) in [6.07, 6.45) is 3.54. The van der Waals surface area contributed by atoms with Crippen molar-refractivity contribution in [2.45, 2.75) is 19.4 Å². The van der Waals surface area contributed by atoms with Crippen molar-refractivity contribution in [2.24, 2.45) is 0 Å². The van der Waals surface area contributed by atoms with Crippen LogP contribution < -0.4 is 4.74 Å². The fourth-order valence-corrected chi connectivity index (χ4v) is 2.93. The first-order chi connectivity index (χ1) is 14.1. The molecule has 1 fully saturated rings. The lowest BCUT2D eigenvalue weighted by Crippen LogP contribution is -2.56. The maximum absolute atomic E-state index is 12.4. The lowest BCUT2D eigenvalue weighted by Gasteiger charge is -2.38. The van der Waals surface area contributed by atoms with Crippen LogP contribution in [0.2, 0.25) is 0 Å². The lowest BCUT2D eigenvalue weighted by atomic mass is 10.1. The topological polar surface area (TPSA) is 103 Å². The number of para-hydroxylation sites is 1. The molecule has 1 saturated heterocycles. The molecule has 9 nitrogen and oxygen atoms in total. The number of amides is 1. The van der Waals surface area contributed by atoms with Crippen LogP contribution in [-0.4, -0.2) is 63.8 Å². The Kier molecular flexibility index (Phi) is 5.48. The summed E-state index contributed by atoms with van der Waals surface area (Å²) in [5, 5.41) is 3.97. The maximum atomic E-state index is 12.4. The van der Waals surface area contributed by atoms with Crippen LogP contribution in [0, 0.1) is 6.92 Å². The van der Waals surface area contributed by atoms with Gasteiger partial charge in [0.15, 0.2) is 5.82 Å². The SMILES string of the molecule is COCCc1noc(-c2ccccc2OC2CN(C(=O)c3cnc(C)cn3)C2)n1. The van der Waals surface area contributed by atoms with E-state index in [0.29, 0.717) is 49.3 Å². The predicted molar refractivity (Wildman–Crippen MR) is 102 cm³/mol. The third-order valence-electron chi connectivity index (χ3n) is 4.54. The number of ether oxygens (including phenoxy) is 2. The molecule has 3 heterocycles. The van der Waals surface area contributed by atoms with Crippen LogP contribution in [0.15, 0.2) is 41.2 Å². The van der Waals surface area contributed by atoms with Crippen LogP contribution in [0.25, 0.3) is 11.5 Å². The number of likely N-dealkylation sites (tertiary alicyclic amines) is 1. The molecule has 29 heavy (non-hydrogen) atoms. The predicted octanol–water partition coefficient (Wildman–Crippen LogP) is 1.93. The Bertz CT molecular complexity index is 983. The zero-order valence-electron chi connectivity index (χ0n) is 16.2. The van der Waals surface area contributed by atoms with E-state index in [4.69, 9.17) is 14.0 Å². The molecule has 0 bridgehead atoms. The normalized spacial score (nSPS) is 13.9. The molecule has 0 atom stereocenters. The van der Waals surface area contributed by atoms with Crippen molar-refractivity contribution in [1.29, 1.82) is 0 Å². The van der Waals surface area contributed by atoms with Gasteiger partial charge in [0.2, 0.25) is 0 Å². The van der Waals surface area contributed by atoms with Crippen molar-refractivity contribution in [1.82, 2.24) is 25.0 Å². The lowest BCUT2D eigenvalue weighted by molar-refractivity contribution is 0.0174. The molecule has 0 spiro atoms. The van der Waals surface area contributed by atoms with Crippen molar-refractivity contribution >= 4 is 5.91 Å². The number of methoxy groups -OCH3 is 1. The number of carbonyl (C=O) groups is 1. The van der Waals surface area contributed by atoms with Crippen molar-refractivity contribution in [3.63, 3.8) is 0 Å². The van der Waals surface area contributed by atoms with Crippen molar-refractivity contribution in [3.05, 3.63) is 53.9 Å². The smallest absolute Gasteiger partial charge is 0.274 e. The summed E-state index contributed by atoms with van der Waals surface area (Å²) in [4.78, 5) is 26.8. The number of hydrogen-bond donors (Lipinski definition) is 0. The van der Waals surface area contributed by atoms with Gasteiger partial charge in [-0.05, 0) is 19.1 Å². The van der Waals surface area contributed by atoms with Gasteiger partial charge in [-0.25, -0.2) is 4.98 Å². The minimum Gasteiger partial charge on any atom is -0.486 e. The molecule has 9 heteroatoms. The van der Waals surface area contributed by atoms with Gasteiger partial charge in [0.1, 0.15) is 17.5 Å². The van der Waals surface area contributed by atoms with Crippen LogP contribution in [-0.2, 0) is 11.2 Å². The molecule has 1 aromatic carbocycles. The number of aryl methyl sites for hydroxylation is 1. The minimum atomic E-state index is -0.148. The molecule has 3 aromatic rings. The van der Waals surface area contributed by atoms with Crippen molar-refractivity contribution < 1.29 is 18.8 Å². The van der Waals surface area contributed by atoms with Gasteiger partial charge in [0.25, 0.3) is 11.8 Å². The first-order valence-corrected chi connectivity index (χ1v) is 9.29. The average molecular weight is 395 g/mol. The number of aromatic nitrogens is 4. The Hall–Kier alpha value is -3.33. The second-order valence-corrected chi connectivity index (χ2v) is 6.75. The van der Waals surface area contributed by atoms with Crippen LogP contribution in [0.1, 0.15) is 22.0 Å². The summed E-state index contributed by atoms with van der Waals surface area (Å²) in [7, 11) is 1.63. The quantitative estimate of drug-likeness (QED) is 0.598. The van der Waals surface area contributed by atoms with Crippen LogP contribution in [0.3, 0.4) is 0 Å². The van der Waals surface area contributed by atoms with Crippen molar-refractivity contribution in [3.8, 4) is 17.2 Å². The highest BCUT2D eigenvalue weighted by atomic mass is 16.5. The van der Waals surface area contributed by atoms with Crippen LogP contribution in [0.5, 0.6) is 5.75 Å². The average Bonchev–Trinajstić information content (AvgIpc) is 3.18. The Morgan fingerprint density at radius 1 is 1.24 bits per heavy atom. The van der Waals surface area contributed by atoms with E-state index in [1.807, 2.05) is 31.2 Å². The molecule has 0 unspecified atom stereocenters. The van der Waals surface area contributed by atoms with Gasteiger partial charge >= 0.3 is 0 Å². The number of carbonyl (C=O) groups excluding carboxylic acids is 1. The first kappa shape index (κ1) is 19.0. The van der Waals surface area contributed by atoms with Gasteiger partial charge < -0.3 is 18.9 Å². The fraction of sp³-hybridized carbons (Fsp3) is 0.350. The molecular formula is C20H21N5O4. The molecule has 4 rings (SSSR count). The van der Waals surface area contributed by atoms with Gasteiger partial charge in [0, 0.05) is 19.7 Å². The molecule has 1 amide bonds. The van der Waals surface area contributed by atoms with Gasteiger partial charge in [-0.1, -0.05) is 17.3 Å². The molecule has 0 N–H and O–H groups in total. The third-order valence-corrected chi connectivity index (χ3v) is 4.54. The van der Waals surface area contributed by atoms with E-state index in [2.05, 4.69) is 20.1 Å². The van der Waals surface area contributed by atoms with E-state index in [1.54, 1.807) is 18.2 Å². The van der Waals surface area contributed by atoms with Gasteiger partial charge in [0.05, 0.1) is 37.2 Å². The minimum absolute atomic E-state index is 0.116. The number of rotatable bonds is 7. The third kappa shape index (κ3) is 4.24. The zero-order chi connectivity index (χ0) is 20.2. The molecule has 0 saturated carbocycles. The second kappa shape index (κ2) is 8.36.